The van der Waals surface area contributed by atoms with Gasteiger partial charge in [0.1, 0.15) is 11.4 Å². The molecule has 1 aromatic carbocycles. The van der Waals surface area contributed by atoms with E-state index in [0.717, 1.165) is 16.9 Å². The molecule has 1 amide bonds. The minimum atomic E-state index is -0.0564. The van der Waals surface area contributed by atoms with E-state index in [9.17, 15) is 4.79 Å². The van der Waals surface area contributed by atoms with Gasteiger partial charge in [0.25, 0.3) is 0 Å². The minimum Gasteiger partial charge on any atom is -0.497 e. The molecule has 0 unspecified atom stereocenters. The Labute approximate surface area is 145 Å². The predicted molar refractivity (Wildman–Crippen MR) is 91.9 cm³/mol. The van der Waals surface area contributed by atoms with E-state index in [4.69, 9.17) is 9.26 Å². The number of hydrogen-bond donors (Lipinski definition) is 1. The molecule has 7 heteroatoms. The lowest BCUT2D eigenvalue weighted by Crippen LogP contribution is -2.24. The number of nitrogens with one attached hydrogen (secondary N) is 1. The van der Waals surface area contributed by atoms with Crippen LogP contribution in [0, 0.1) is 6.92 Å². The monoisotopic (exact) mass is 340 g/mol. The number of ether oxygens (including phenoxy) is 1. The summed E-state index contributed by atoms with van der Waals surface area (Å²) in [6.45, 7) is 2.84. The van der Waals surface area contributed by atoms with Crippen LogP contribution in [0.15, 0.2) is 47.2 Å². The fourth-order valence-corrected chi connectivity index (χ4v) is 2.39. The van der Waals surface area contributed by atoms with Gasteiger partial charge in [-0.15, -0.1) is 0 Å². The van der Waals surface area contributed by atoms with Crippen LogP contribution in [0.4, 0.5) is 0 Å². The van der Waals surface area contributed by atoms with Crippen LogP contribution >= 0.6 is 0 Å². The highest BCUT2D eigenvalue weighted by atomic mass is 16.5. The van der Waals surface area contributed by atoms with Gasteiger partial charge in [-0.2, -0.15) is 5.10 Å². The zero-order valence-corrected chi connectivity index (χ0v) is 14.2. The van der Waals surface area contributed by atoms with Gasteiger partial charge in [0.15, 0.2) is 5.76 Å². The van der Waals surface area contributed by atoms with Crippen LogP contribution in [-0.4, -0.2) is 28.0 Å². The Hall–Kier alpha value is -3.09. The molecule has 3 aromatic rings. The third-order valence-electron chi connectivity index (χ3n) is 3.71. The van der Waals surface area contributed by atoms with Gasteiger partial charge in [0.2, 0.25) is 5.91 Å². The Morgan fingerprint density at radius 1 is 1.36 bits per heavy atom. The van der Waals surface area contributed by atoms with Crippen LogP contribution in [0.25, 0.3) is 11.3 Å². The Morgan fingerprint density at radius 2 is 2.24 bits per heavy atom. The molecule has 0 atom stereocenters. The quantitative estimate of drug-likeness (QED) is 0.715. The van der Waals surface area contributed by atoms with Crippen molar-refractivity contribution in [1.82, 2.24) is 20.3 Å². The van der Waals surface area contributed by atoms with Crippen molar-refractivity contribution >= 4 is 5.91 Å². The summed E-state index contributed by atoms with van der Waals surface area (Å²) in [6.07, 6.45) is 4.04. The topological polar surface area (TPSA) is 82.2 Å². The smallest absolute Gasteiger partial charge is 0.222 e. The molecule has 3 rings (SSSR count). The number of aryl methyl sites for hydroxylation is 2. The number of carbonyl (C=O) groups is 1. The molecule has 1 N–H and O–H groups in total. The Kier molecular flexibility index (Phi) is 5.13. The summed E-state index contributed by atoms with van der Waals surface area (Å²) in [5.41, 5.74) is 2.62. The normalized spacial score (nSPS) is 10.6. The van der Waals surface area contributed by atoms with E-state index in [2.05, 4.69) is 15.6 Å². The maximum absolute atomic E-state index is 11.9. The zero-order valence-electron chi connectivity index (χ0n) is 14.2. The second-order valence-electron chi connectivity index (χ2n) is 5.72. The molecule has 25 heavy (non-hydrogen) atoms. The molecule has 0 bridgehead atoms. The van der Waals surface area contributed by atoms with Crippen molar-refractivity contribution in [3.05, 3.63) is 54.0 Å². The van der Waals surface area contributed by atoms with Gasteiger partial charge in [-0.05, 0) is 24.6 Å². The van der Waals surface area contributed by atoms with Gasteiger partial charge in [-0.25, -0.2) is 0 Å². The number of aromatic nitrogens is 3. The van der Waals surface area contributed by atoms with Crippen molar-refractivity contribution in [3.8, 4) is 17.1 Å². The van der Waals surface area contributed by atoms with Crippen molar-refractivity contribution in [3.63, 3.8) is 0 Å². The maximum Gasteiger partial charge on any atom is 0.222 e. The second kappa shape index (κ2) is 7.65. The van der Waals surface area contributed by atoms with E-state index in [1.165, 1.54) is 0 Å². The lowest BCUT2D eigenvalue weighted by atomic mass is 10.1. The van der Waals surface area contributed by atoms with E-state index in [1.807, 2.05) is 43.5 Å². The van der Waals surface area contributed by atoms with Crippen molar-refractivity contribution in [2.75, 3.05) is 7.11 Å². The van der Waals surface area contributed by atoms with Crippen molar-refractivity contribution in [2.24, 2.45) is 0 Å². The molecule has 0 fully saturated rings. The lowest BCUT2D eigenvalue weighted by molar-refractivity contribution is -0.121. The molecule has 0 aliphatic heterocycles. The molecule has 130 valence electrons. The molecule has 0 aliphatic rings. The largest absolute Gasteiger partial charge is 0.497 e. The number of nitrogens with zero attached hydrogens (tertiary/aromatic N) is 3. The summed E-state index contributed by atoms with van der Waals surface area (Å²) in [6, 6.07) is 9.34. The molecule has 7 nitrogen and oxygen atoms in total. The molecular weight excluding hydrogens is 320 g/mol. The highest BCUT2D eigenvalue weighted by Gasteiger charge is 2.09. The van der Waals surface area contributed by atoms with Gasteiger partial charge in [-0.3, -0.25) is 9.48 Å². The zero-order chi connectivity index (χ0) is 17.6. The molecule has 0 saturated heterocycles. The van der Waals surface area contributed by atoms with Gasteiger partial charge in [-0.1, -0.05) is 17.3 Å². The van der Waals surface area contributed by atoms with Crippen molar-refractivity contribution in [1.29, 1.82) is 0 Å². The molecule has 2 heterocycles. The third kappa shape index (κ3) is 4.47. The molecule has 0 saturated carbocycles. The summed E-state index contributed by atoms with van der Waals surface area (Å²) in [5, 5.41) is 11.0. The summed E-state index contributed by atoms with van der Waals surface area (Å²) in [5.74, 6) is 1.33. The van der Waals surface area contributed by atoms with Crippen LogP contribution in [-0.2, 0) is 17.9 Å². The SMILES string of the molecule is COc1cccc(-c2cc(CNC(=O)CCn3cc(C)cn3)no2)c1. The highest BCUT2D eigenvalue weighted by Crippen LogP contribution is 2.24. The van der Waals surface area contributed by atoms with Crippen LogP contribution in [0.5, 0.6) is 5.75 Å². The van der Waals surface area contributed by atoms with Crippen molar-refractivity contribution < 1.29 is 14.1 Å². The van der Waals surface area contributed by atoms with Crippen LogP contribution < -0.4 is 10.1 Å². The van der Waals surface area contributed by atoms with Crippen LogP contribution in [0.2, 0.25) is 0 Å². The summed E-state index contributed by atoms with van der Waals surface area (Å²) in [7, 11) is 1.62. The maximum atomic E-state index is 11.9. The van der Waals surface area contributed by atoms with Gasteiger partial charge in [0.05, 0.1) is 19.9 Å². The summed E-state index contributed by atoms with van der Waals surface area (Å²) in [4.78, 5) is 11.9. The van der Waals surface area contributed by atoms with Crippen molar-refractivity contribution in [2.45, 2.75) is 26.4 Å². The fourth-order valence-electron chi connectivity index (χ4n) is 2.39. The first-order chi connectivity index (χ1) is 12.1. The minimum absolute atomic E-state index is 0.0564. The molecular formula is C18H20N4O3. The molecule has 0 aliphatic carbocycles. The number of benzene rings is 1. The molecule has 2 aromatic heterocycles. The third-order valence-corrected chi connectivity index (χ3v) is 3.71. The van der Waals surface area contributed by atoms with Gasteiger partial charge in [0, 0.05) is 30.8 Å². The average molecular weight is 340 g/mol. The average Bonchev–Trinajstić information content (AvgIpc) is 3.27. The van der Waals surface area contributed by atoms with Gasteiger partial charge < -0.3 is 14.6 Å². The summed E-state index contributed by atoms with van der Waals surface area (Å²) >= 11 is 0. The second-order valence-corrected chi connectivity index (χ2v) is 5.72. The molecule has 0 radical (unpaired) electrons. The van der Waals surface area contributed by atoms with Crippen LogP contribution in [0.3, 0.4) is 0 Å². The van der Waals surface area contributed by atoms with E-state index < -0.39 is 0 Å². The summed E-state index contributed by atoms with van der Waals surface area (Å²) < 4.78 is 12.3. The first-order valence-electron chi connectivity index (χ1n) is 8.00. The predicted octanol–water partition coefficient (Wildman–Crippen LogP) is 2.56. The first kappa shape index (κ1) is 16.8. The van der Waals surface area contributed by atoms with E-state index in [1.54, 1.807) is 18.0 Å². The number of amides is 1. The number of carbonyl (C=O) groups excluding carboxylic acids is 1. The van der Waals surface area contributed by atoms with Gasteiger partial charge >= 0.3 is 0 Å². The first-order valence-corrected chi connectivity index (χ1v) is 8.00. The molecule has 0 spiro atoms. The van der Waals surface area contributed by atoms with E-state index in [0.29, 0.717) is 31.0 Å². The number of rotatable bonds is 7. The lowest BCUT2D eigenvalue weighted by Gasteiger charge is -2.03. The Morgan fingerprint density at radius 3 is 3.00 bits per heavy atom. The Balaban J connectivity index is 1.51. The fraction of sp³-hybridized carbons (Fsp3) is 0.278. The highest BCUT2D eigenvalue weighted by molar-refractivity contribution is 5.75. The number of methoxy groups -OCH3 is 1. The van der Waals surface area contributed by atoms with E-state index >= 15 is 0 Å². The van der Waals surface area contributed by atoms with E-state index in [-0.39, 0.29) is 5.91 Å². The van der Waals surface area contributed by atoms with Crippen LogP contribution in [0.1, 0.15) is 17.7 Å². The Bertz CT molecular complexity index is 853. The number of hydrogen-bond acceptors (Lipinski definition) is 5. The standard InChI is InChI=1S/C18H20N4O3/c1-13-10-20-22(12-13)7-6-18(23)19-11-15-9-17(25-21-15)14-4-3-5-16(8-14)24-2/h3-5,8-10,12H,6-7,11H2,1-2H3,(H,19,23).